The summed E-state index contributed by atoms with van der Waals surface area (Å²) in [6.07, 6.45) is 4.43. The molecule has 0 radical (unpaired) electrons. The van der Waals surface area contributed by atoms with Crippen molar-refractivity contribution in [3.8, 4) is 0 Å². The van der Waals surface area contributed by atoms with Crippen LogP contribution in [0.25, 0.3) is 0 Å². The molecule has 0 aromatic carbocycles. The van der Waals surface area contributed by atoms with Crippen LogP contribution < -0.4 is 0 Å². The van der Waals surface area contributed by atoms with E-state index in [2.05, 4.69) is 12.1 Å². The first-order chi connectivity index (χ1) is 4.81. The molecule has 10 heavy (non-hydrogen) atoms. The van der Waals surface area contributed by atoms with E-state index in [-0.39, 0.29) is 0 Å². The van der Waals surface area contributed by atoms with Crippen LogP contribution in [0.5, 0.6) is 0 Å². The Balaban J connectivity index is 3.03. The molecule has 0 aliphatic heterocycles. The minimum absolute atomic E-state index is 0.323. The molecule has 1 amide bonds. The van der Waals surface area contributed by atoms with Gasteiger partial charge in [-0.15, -0.1) is 4.91 Å². The second-order valence-corrected chi connectivity index (χ2v) is 2.30. The molecule has 0 spiro atoms. The molecule has 0 saturated carbocycles. The molecule has 0 unspecified atom stereocenters. The van der Waals surface area contributed by atoms with Gasteiger partial charge in [-0.05, 0) is 6.42 Å². The lowest BCUT2D eigenvalue weighted by atomic mass is 10.1. The van der Waals surface area contributed by atoms with Gasteiger partial charge in [-0.3, -0.25) is 4.79 Å². The number of hydrogen-bond donors (Lipinski definition) is 0. The van der Waals surface area contributed by atoms with Crippen molar-refractivity contribution < 1.29 is 4.79 Å². The Morgan fingerprint density at radius 1 is 1.30 bits per heavy atom. The number of hydrogen-bond acceptors (Lipinski definition) is 2. The molecule has 0 heterocycles. The highest BCUT2D eigenvalue weighted by Gasteiger charge is 1.98. The highest BCUT2D eigenvalue weighted by molar-refractivity contribution is 5.76. The summed E-state index contributed by atoms with van der Waals surface area (Å²) in [6, 6.07) is 0. The molecule has 0 aliphatic carbocycles. The smallest absolute Gasteiger partial charge is 0.269 e. The van der Waals surface area contributed by atoms with Gasteiger partial charge in [0.05, 0.1) is 0 Å². The van der Waals surface area contributed by atoms with E-state index in [9.17, 15) is 9.70 Å². The predicted molar refractivity (Wildman–Crippen MR) is 39.6 cm³/mol. The summed E-state index contributed by atoms with van der Waals surface area (Å²) in [5.74, 6) is -0.517. The van der Waals surface area contributed by atoms with E-state index in [0.29, 0.717) is 6.42 Å². The third-order valence-corrected chi connectivity index (χ3v) is 1.35. The zero-order chi connectivity index (χ0) is 7.82. The van der Waals surface area contributed by atoms with Crippen molar-refractivity contribution in [2.24, 2.45) is 5.18 Å². The summed E-state index contributed by atoms with van der Waals surface area (Å²) in [7, 11) is 0. The Bertz CT molecular complexity index is 112. The van der Waals surface area contributed by atoms with Crippen LogP contribution in [0.15, 0.2) is 5.18 Å². The lowest BCUT2D eigenvalue weighted by Crippen LogP contribution is -1.90. The molecule has 0 atom stereocenters. The Hall–Kier alpha value is -0.730. The summed E-state index contributed by atoms with van der Waals surface area (Å²) in [4.78, 5) is 19.9. The lowest BCUT2D eigenvalue weighted by Gasteiger charge is -1.92. The number of nitrogens with zero attached hydrogens (tertiary/aromatic N) is 1. The maximum Gasteiger partial charge on any atom is 0.286 e. The highest BCUT2D eigenvalue weighted by atomic mass is 16.3. The summed E-state index contributed by atoms with van der Waals surface area (Å²) >= 11 is 0. The van der Waals surface area contributed by atoms with E-state index in [1.165, 1.54) is 0 Å². The zero-order valence-electron chi connectivity index (χ0n) is 6.30. The fraction of sp³-hybridized carbons (Fsp3) is 0.857. The van der Waals surface area contributed by atoms with Crippen LogP contribution in [0.2, 0.25) is 0 Å². The third-order valence-electron chi connectivity index (χ3n) is 1.35. The van der Waals surface area contributed by atoms with Crippen LogP contribution in [-0.2, 0) is 4.79 Å². The maximum atomic E-state index is 10.3. The van der Waals surface area contributed by atoms with Crippen LogP contribution in [0.4, 0.5) is 0 Å². The largest absolute Gasteiger partial charge is 0.286 e. The molecule has 0 aliphatic rings. The fourth-order valence-electron chi connectivity index (χ4n) is 0.749. The van der Waals surface area contributed by atoms with Gasteiger partial charge in [-0.25, -0.2) is 0 Å². The molecular formula is C7H13NO2. The molecular weight excluding hydrogens is 130 g/mol. The number of carbonyl (C=O) groups excluding carboxylic acids is 1. The van der Waals surface area contributed by atoms with Crippen LogP contribution in [0, 0.1) is 4.91 Å². The van der Waals surface area contributed by atoms with E-state index in [1.54, 1.807) is 0 Å². The van der Waals surface area contributed by atoms with Crippen molar-refractivity contribution in [3.63, 3.8) is 0 Å². The second kappa shape index (κ2) is 6.39. The predicted octanol–water partition coefficient (Wildman–Crippen LogP) is 2.25. The van der Waals surface area contributed by atoms with Gasteiger partial charge in [-0.1, -0.05) is 26.2 Å². The Morgan fingerprint density at radius 2 is 2.00 bits per heavy atom. The average Bonchev–Trinajstić information content (AvgIpc) is 1.98. The van der Waals surface area contributed by atoms with E-state index in [4.69, 9.17) is 0 Å². The summed E-state index contributed by atoms with van der Waals surface area (Å²) in [6.45, 7) is 2.10. The van der Waals surface area contributed by atoms with E-state index in [0.717, 1.165) is 25.7 Å². The molecule has 58 valence electrons. The zero-order valence-corrected chi connectivity index (χ0v) is 6.30. The number of rotatable bonds is 5. The molecule has 0 aromatic heterocycles. The first kappa shape index (κ1) is 9.27. The van der Waals surface area contributed by atoms with Gasteiger partial charge in [-0.2, -0.15) is 0 Å². The van der Waals surface area contributed by atoms with Gasteiger partial charge in [0.25, 0.3) is 5.91 Å². The summed E-state index contributed by atoms with van der Waals surface area (Å²) in [5, 5.41) is 2.30. The number of carbonyl (C=O) groups is 1. The van der Waals surface area contributed by atoms with Crippen molar-refractivity contribution in [1.29, 1.82) is 0 Å². The molecule has 0 fully saturated rings. The fourth-order valence-corrected chi connectivity index (χ4v) is 0.749. The Labute approximate surface area is 60.8 Å². The molecule has 0 aromatic rings. The lowest BCUT2D eigenvalue weighted by molar-refractivity contribution is -0.118. The van der Waals surface area contributed by atoms with E-state index in [1.807, 2.05) is 0 Å². The van der Waals surface area contributed by atoms with Gasteiger partial charge >= 0.3 is 0 Å². The standard InChI is InChI=1S/C7H13NO2/c1-2-3-4-5-6-7(9)8-10/h2-6H2,1H3. The van der Waals surface area contributed by atoms with Crippen LogP contribution >= 0.6 is 0 Å². The van der Waals surface area contributed by atoms with Gasteiger partial charge in [0.1, 0.15) is 0 Å². The van der Waals surface area contributed by atoms with Crippen molar-refractivity contribution in [1.82, 2.24) is 0 Å². The normalized spacial score (nSPS) is 9.30. The van der Waals surface area contributed by atoms with Crippen molar-refractivity contribution in [2.45, 2.75) is 39.0 Å². The molecule has 3 heteroatoms. The number of amides is 1. The van der Waals surface area contributed by atoms with Crippen molar-refractivity contribution >= 4 is 5.91 Å². The average molecular weight is 143 g/mol. The van der Waals surface area contributed by atoms with Gasteiger partial charge in [0, 0.05) is 11.6 Å². The molecule has 0 saturated heterocycles. The van der Waals surface area contributed by atoms with Gasteiger partial charge in [0.2, 0.25) is 0 Å². The first-order valence-corrected chi connectivity index (χ1v) is 3.67. The summed E-state index contributed by atoms with van der Waals surface area (Å²) < 4.78 is 0. The van der Waals surface area contributed by atoms with E-state index < -0.39 is 5.91 Å². The van der Waals surface area contributed by atoms with Crippen LogP contribution in [0.1, 0.15) is 39.0 Å². The minimum atomic E-state index is -0.517. The molecule has 0 N–H and O–H groups in total. The van der Waals surface area contributed by atoms with Crippen LogP contribution in [-0.4, -0.2) is 5.91 Å². The second-order valence-electron chi connectivity index (χ2n) is 2.30. The Kier molecular flexibility index (Phi) is 5.92. The van der Waals surface area contributed by atoms with Crippen molar-refractivity contribution in [3.05, 3.63) is 4.91 Å². The number of nitroso groups, excluding NO2 is 1. The summed E-state index contributed by atoms with van der Waals surface area (Å²) in [5.41, 5.74) is 0. The number of unbranched alkanes of at least 4 members (excludes halogenated alkanes) is 3. The van der Waals surface area contributed by atoms with E-state index >= 15 is 0 Å². The Morgan fingerprint density at radius 3 is 2.50 bits per heavy atom. The SMILES string of the molecule is CCCCCCC(=O)N=O. The minimum Gasteiger partial charge on any atom is -0.269 e. The monoisotopic (exact) mass is 143 g/mol. The van der Waals surface area contributed by atoms with Crippen molar-refractivity contribution in [2.75, 3.05) is 0 Å². The first-order valence-electron chi connectivity index (χ1n) is 3.67. The molecule has 0 rings (SSSR count). The molecule has 3 nitrogen and oxygen atoms in total. The topological polar surface area (TPSA) is 46.5 Å². The quantitative estimate of drug-likeness (QED) is 0.437. The van der Waals surface area contributed by atoms with Gasteiger partial charge in [0.15, 0.2) is 0 Å². The third kappa shape index (κ3) is 5.41. The maximum absolute atomic E-state index is 10.3. The van der Waals surface area contributed by atoms with Gasteiger partial charge < -0.3 is 0 Å². The highest BCUT2D eigenvalue weighted by Crippen LogP contribution is 2.02. The van der Waals surface area contributed by atoms with Crippen LogP contribution in [0.3, 0.4) is 0 Å². The molecule has 0 bridgehead atoms.